The molecule has 2 fully saturated rings. The molecule has 1 saturated carbocycles. The third kappa shape index (κ3) is 6.75. The second kappa shape index (κ2) is 12.6. The molecule has 0 bridgehead atoms. The van der Waals surface area contributed by atoms with Crippen LogP contribution < -0.4 is 10.2 Å². The molecule has 42 heavy (non-hydrogen) atoms. The molecular weight excluding hydrogens is 576 g/mol. The number of alkyl halides is 1. The van der Waals surface area contributed by atoms with Gasteiger partial charge in [-0.15, -0.1) is 16.4 Å². The highest BCUT2D eigenvalue weighted by Gasteiger charge is 2.40. The van der Waals surface area contributed by atoms with E-state index in [0.717, 1.165) is 27.5 Å². The SMILES string of the molecule is Cc1ccc(-c2nc([C@@H]3CC[C@H](F)C[C@H]3C(=O)N[C@H](C#N)C(C)C)c(-c3ccc(N4CCS(O)(O)CC4)cc3)s2)nn1. The summed E-state index contributed by atoms with van der Waals surface area (Å²) in [5.41, 5.74) is 4.09. The third-order valence-electron chi connectivity index (χ3n) is 8.12. The highest BCUT2D eigenvalue weighted by Crippen LogP contribution is 2.47. The molecular formula is C30H37FN6O3S2. The van der Waals surface area contributed by atoms with Crippen molar-refractivity contribution in [2.45, 2.75) is 58.2 Å². The van der Waals surface area contributed by atoms with Crippen molar-refractivity contribution in [2.75, 3.05) is 29.5 Å². The lowest BCUT2D eigenvalue weighted by Gasteiger charge is -2.41. The number of rotatable bonds is 7. The topological polar surface area (TPSA) is 135 Å². The van der Waals surface area contributed by atoms with Gasteiger partial charge in [-0.05, 0) is 61.9 Å². The molecule has 9 nitrogen and oxygen atoms in total. The summed E-state index contributed by atoms with van der Waals surface area (Å²) >= 11 is 1.48. The van der Waals surface area contributed by atoms with Crippen LogP contribution in [0.2, 0.25) is 0 Å². The maximum absolute atomic E-state index is 14.7. The zero-order valence-electron chi connectivity index (χ0n) is 24.0. The smallest absolute Gasteiger partial charge is 0.224 e. The number of aromatic nitrogens is 3. The Balaban J connectivity index is 1.51. The van der Waals surface area contributed by atoms with Crippen molar-refractivity contribution < 1.29 is 18.3 Å². The fourth-order valence-electron chi connectivity index (χ4n) is 5.57. The molecule has 1 amide bonds. The van der Waals surface area contributed by atoms with Crippen molar-refractivity contribution in [1.82, 2.24) is 20.5 Å². The second-order valence-electron chi connectivity index (χ2n) is 11.5. The molecule has 0 radical (unpaired) electrons. The first kappa shape index (κ1) is 30.4. The summed E-state index contributed by atoms with van der Waals surface area (Å²) in [5, 5.41) is 21.6. The van der Waals surface area contributed by atoms with Crippen LogP contribution in [0, 0.1) is 30.1 Å². The van der Waals surface area contributed by atoms with Crippen LogP contribution in [0.3, 0.4) is 0 Å². The van der Waals surface area contributed by atoms with Crippen LogP contribution in [0.25, 0.3) is 21.1 Å². The zero-order chi connectivity index (χ0) is 30.0. The number of hydrogen-bond donors (Lipinski definition) is 3. The van der Waals surface area contributed by atoms with Crippen LogP contribution in [-0.2, 0) is 4.79 Å². The van der Waals surface area contributed by atoms with Gasteiger partial charge < -0.3 is 10.2 Å². The van der Waals surface area contributed by atoms with Crippen LogP contribution in [0.15, 0.2) is 36.4 Å². The number of hydrogen-bond acceptors (Lipinski definition) is 9. The van der Waals surface area contributed by atoms with Gasteiger partial charge in [-0.1, -0.05) is 26.0 Å². The number of carbonyl (C=O) groups excluding carboxylic acids is 1. The van der Waals surface area contributed by atoms with Crippen LogP contribution in [0.5, 0.6) is 0 Å². The van der Waals surface area contributed by atoms with Crippen molar-refractivity contribution in [3.05, 3.63) is 47.8 Å². The number of thiazole rings is 1. The van der Waals surface area contributed by atoms with Crippen molar-refractivity contribution in [3.8, 4) is 27.2 Å². The van der Waals surface area contributed by atoms with Gasteiger partial charge in [0.1, 0.15) is 22.9 Å². The molecule has 0 unspecified atom stereocenters. The fraction of sp³-hybridized carbons (Fsp3) is 0.500. The van der Waals surface area contributed by atoms with E-state index < -0.39 is 28.7 Å². The number of anilines is 1. The van der Waals surface area contributed by atoms with E-state index in [1.54, 1.807) is 0 Å². The normalized spacial score (nSPS) is 23.7. The van der Waals surface area contributed by atoms with Gasteiger partial charge in [-0.2, -0.15) is 21.0 Å². The largest absolute Gasteiger partial charge is 0.368 e. The standard InChI is InChI=1S/C30H37FN6O3S2/c1-18(2)26(17-32)33-29(38)24-16-21(31)7-10-23(24)27-28(41-30(34-27)25-11-4-19(3)35-36-25)20-5-8-22(9-6-20)37-12-14-42(39,40)15-13-37/h4-6,8-9,11,18,21,23-24,26,39-40H,7,10,12-16H2,1-3H3,(H,33,38)/t21-,23+,24+,26+/m0/s1. The summed E-state index contributed by atoms with van der Waals surface area (Å²) in [6, 6.07) is 13.3. The number of aryl methyl sites for hydroxylation is 1. The van der Waals surface area contributed by atoms with Gasteiger partial charge in [-0.25, -0.2) is 9.37 Å². The highest BCUT2D eigenvalue weighted by atomic mass is 32.3. The van der Waals surface area contributed by atoms with E-state index in [2.05, 4.69) is 26.5 Å². The lowest BCUT2D eigenvalue weighted by Crippen LogP contribution is -2.44. The second-order valence-corrected chi connectivity index (χ2v) is 14.9. The van der Waals surface area contributed by atoms with Crippen molar-refractivity contribution in [1.29, 1.82) is 5.26 Å². The zero-order valence-corrected chi connectivity index (χ0v) is 25.7. The Bertz CT molecular complexity index is 1430. The Kier molecular flexibility index (Phi) is 9.13. The molecule has 1 aliphatic carbocycles. The Morgan fingerprint density at radius 1 is 1.14 bits per heavy atom. The Morgan fingerprint density at radius 3 is 2.48 bits per heavy atom. The summed E-state index contributed by atoms with van der Waals surface area (Å²) in [6.45, 7) is 6.76. The van der Waals surface area contributed by atoms with Gasteiger partial charge in [-0.3, -0.25) is 13.9 Å². The number of nitrogens with zero attached hydrogens (tertiary/aromatic N) is 5. The first-order valence-corrected chi connectivity index (χ1v) is 17.0. The first-order chi connectivity index (χ1) is 20.0. The average molecular weight is 613 g/mol. The molecule has 3 heterocycles. The molecule has 3 N–H and O–H groups in total. The van der Waals surface area contributed by atoms with E-state index in [4.69, 9.17) is 4.98 Å². The number of halogens is 1. The lowest BCUT2D eigenvalue weighted by atomic mass is 9.75. The molecule has 1 saturated heterocycles. The van der Waals surface area contributed by atoms with Crippen molar-refractivity contribution >= 4 is 33.5 Å². The van der Waals surface area contributed by atoms with E-state index in [9.17, 15) is 23.6 Å². The van der Waals surface area contributed by atoms with E-state index in [-0.39, 0.29) is 24.2 Å². The number of nitriles is 1. The minimum Gasteiger partial charge on any atom is -0.368 e. The highest BCUT2D eigenvalue weighted by molar-refractivity contribution is 8.24. The van der Waals surface area contributed by atoms with Crippen LogP contribution >= 0.6 is 21.9 Å². The van der Waals surface area contributed by atoms with Gasteiger partial charge in [0.15, 0.2) is 0 Å². The number of benzene rings is 1. The third-order valence-corrected chi connectivity index (χ3v) is 10.9. The molecule has 2 aliphatic rings. The van der Waals surface area contributed by atoms with Gasteiger partial charge in [0.25, 0.3) is 0 Å². The maximum Gasteiger partial charge on any atom is 0.224 e. The van der Waals surface area contributed by atoms with Gasteiger partial charge in [0.05, 0.1) is 33.8 Å². The van der Waals surface area contributed by atoms with Crippen LogP contribution in [0.4, 0.5) is 10.1 Å². The molecule has 4 atom stereocenters. The van der Waals surface area contributed by atoms with E-state index in [0.29, 0.717) is 48.1 Å². The van der Waals surface area contributed by atoms with E-state index in [1.807, 2.05) is 57.2 Å². The molecule has 1 aromatic carbocycles. The molecule has 0 spiro atoms. The predicted octanol–water partition coefficient (Wildman–Crippen LogP) is 6.03. The van der Waals surface area contributed by atoms with Gasteiger partial charge in [0, 0.05) is 30.6 Å². The number of nitrogens with one attached hydrogen (secondary N) is 1. The van der Waals surface area contributed by atoms with Gasteiger partial charge >= 0.3 is 0 Å². The number of amides is 1. The summed E-state index contributed by atoms with van der Waals surface area (Å²) < 4.78 is 34.7. The van der Waals surface area contributed by atoms with Crippen LogP contribution in [0.1, 0.15) is 50.4 Å². The number of carbonyl (C=O) groups is 1. The summed E-state index contributed by atoms with van der Waals surface area (Å²) in [4.78, 5) is 21.6. The summed E-state index contributed by atoms with van der Waals surface area (Å²) in [7, 11) is -2.49. The van der Waals surface area contributed by atoms with E-state index in [1.165, 1.54) is 11.3 Å². The monoisotopic (exact) mass is 612 g/mol. The minimum absolute atomic E-state index is 0.0743. The molecule has 5 rings (SSSR count). The molecule has 3 aromatic rings. The summed E-state index contributed by atoms with van der Waals surface area (Å²) in [6.07, 6.45) is -0.213. The quantitative estimate of drug-likeness (QED) is 0.294. The first-order valence-electron chi connectivity index (χ1n) is 14.3. The lowest BCUT2D eigenvalue weighted by molar-refractivity contribution is -0.128. The molecule has 1 aliphatic heterocycles. The predicted molar refractivity (Wildman–Crippen MR) is 165 cm³/mol. The van der Waals surface area contributed by atoms with E-state index >= 15 is 0 Å². The van der Waals surface area contributed by atoms with Gasteiger partial charge in [0.2, 0.25) is 5.91 Å². The summed E-state index contributed by atoms with van der Waals surface area (Å²) in [5.74, 6) is -0.653. The molecule has 12 heteroatoms. The maximum atomic E-state index is 14.7. The Labute approximate surface area is 251 Å². The minimum atomic E-state index is -2.49. The Morgan fingerprint density at radius 2 is 1.86 bits per heavy atom. The van der Waals surface area contributed by atoms with Crippen molar-refractivity contribution in [3.63, 3.8) is 0 Å². The fourth-order valence-corrected chi connectivity index (χ4v) is 7.90. The molecule has 2 aromatic heterocycles. The average Bonchev–Trinajstić information content (AvgIpc) is 3.41. The Hall–Kier alpha value is -3.11. The van der Waals surface area contributed by atoms with Crippen molar-refractivity contribution in [2.24, 2.45) is 11.8 Å². The van der Waals surface area contributed by atoms with Crippen LogP contribution in [-0.4, -0.2) is 67.0 Å². The molecule has 224 valence electrons.